The molecule has 2 heterocycles. The first-order chi connectivity index (χ1) is 9.81. The van der Waals surface area contributed by atoms with E-state index in [1.165, 1.54) is 6.42 Å². The summed E-state index contributed by atoms with van der Waals surface area (Å²) < 4.78 is 0. The summed E-state index contributed by atoms with van der Waals surface area (Å²) in [6.07, 6.45) is 7.13. The summed E-state index contributed by atoms with van der Waals surface area (Å²) in [5, 5.41) is 0. The van der Waals surface area contributed by atoms with Crippen LogP contribution in [-0.2, 0) is 5.41 Å². The van der Waals surface area contributed by atoms with Gasteiger partial charge in [0.2, 0.25) is 0 Å². The van der Waals surface area contributed by atoms with Gasteiger partial charge in [-0.1, -0.05) is 12.5 Å². The van der Waals surface area contributed by atoms with Crippen LogP contribution in [0.25, 0.3) is 22.3 Å². The standard InChI is InChI=1S/C15H17N5/c16-8-15(4-1-5-15)14-17-7-13(20-14)10-2-3-11-12(6-10)19-9-18-11/h2-3,6-7,9H,1,4-5,8,16H2,(H,17,20)(H,18,19). The summed E-state index contributed by atoms with van der Waals surface area (Å²) in [4.78, 5) is 15.4. The molecule has 1 saturated carbocycles. The Morgan fingerprint density at radius 2 is 2.15 bits per heavy atom. The van der Waals surface area contributed by atoms with E-state index in [0.29, 0.717) is 6.54 Å². The van der Waals surface area contributed by atoms with Gasteiger partial charge < -0.3 is 15.7 Å². The molecule has 5 heteroatoms. The molecule has 1 aromatic carbocycles. The summed E-state index contributed by atoms with van der Waals surface area (Å²) in [6, 6.07) is 6.18. The Hall–Kier alpha value is -2.14. The summed E-state index contributed by atoms with van der Waals surface area (Å²) in [5.74, 6) is 1.03. The number of fused-ring (bicyclic) bond motifs is 1. The minimum absolute atomic E-state index is 0.0797. The summed E-state index contributed by atoms with van der Waals surface area (Å²) in [6.45, 7) is 0.666. The molecule has 2 aromatic heterocycles. The lowest BCUT2D eigenvalue weighted by molar-refractivity contribution is 0.240. The van der Waals surface area contributed by atoms with Crippen LogP contribution in [0, 0.1) is 0 Å². The lowest BCUT2D eigenvalue weighted by Crippen LogP contribution is -2.42. The van der Waals surface area contributed by atoms with Crippen LogP contribution in [0.1, 0.15) is 25.1 Å². The largest absolute Gasteiger partial charge is 0.345 e. The molecule has 0 amide bonds. The Morgan fingerprint density at radius 3 is 2.90 bits per heavy atom. The number of nitrogens with one attached hydrogen (secondary N) is 2. The molecule has 0 saturated heterocycles. The summed E-state index contributed by atoms with van der Waals surface area (Å²) in [7, 11) is 0. The Balaban J connectivity index is 1.73. The predicted octanol–water partition coefficient (Wildman–Crippen LogP) is 2.33. The van der Waals surface area contributed by atoms with Crippen LogP contribution in [0.15, 0.2) is 30.7 Å². The van der Waals surface area contributed by atoms with E-state index in [4.69, 9.17) is 5.73 Å². The van der Waals surface area contributed by atoms with Gasteiger partial charge in [-0.25, -0.2) is 9.97 Å². The first-order valence-corrected chi connectivity index (χ1v) is 7.00. The van der Waals surface area contributed by atoms with Crippen molar-refractivity contribution in [2.75, 3.05) is 6.54 Å². The van der Waals surface area contributed by atoms with E-state index >= 15 is 0 Å². The Bertz CT molecular complexity index is 745. The van der Waals surface area contributed by atoms with Gasteiger partial charge >= 0.3 is 0 Å². The Labute approximate surface area is 116 Å². The summed E-state index contributed by atoms with van der Waals surface area (Å²) in [5.41, 5.74) is 10.2. The fourth-order valence-electron chi connectivity index (χ4n) is 2.98. The fourth-order valence-corrected chi connectivity index (χ4v) is 2.98. The van der Waals surface area contributed by atoms with Gasteiger partial charge in [0.1, 0.15) is 5.82 Å². The van der Waals surface area contributed by atoms with E-state index in [1.54, 1.807) is 6.33 Å². The predicted molar refractivity (Wildman–Crippen MR) is 78.3 cm³/mol. The molecule has 0 aliphatic heterocycles. The molecule has 4 rings (SSSR count). The van der Waals surface area contributed by atoms with Crippen molar-refractivity contribution in [1.82, 2.24) is 19.9 Å². The molecule has 1 aliphatic carbocycles. The minimum atomic E-state index is 0.0797. The van der Waals surface area contributed by atoms with E-state index in [1.807, 2.05) is 12.3 Å². The number of benzene rings is 1. The van der Waals surface area contributed by atoms with Crippen molar-refractivity contribution in [1.29, 1.82) is 0 Å². The van der Waals surface area contributed by atoms with E-state index in [9.17, 15) is 0 Å². The number of hydrogen-bond acceptors (Lipinski definition) is 3. The first-order valence-electron chi connectivity index (χ1n) is 7.00. The zero-order chi connectivity index (χ0) is 13.6. The molecule has 0 atom stereocenters. The second-order valence-corrected chi connectivity index (χ2v) is 5.62. The van der Waals surface area contributed by atoms with Crippen LogP contribution in [-0.4, -0.2) is 26.5 Å². The first kappa shape index (κ1) is 11.7. The van der Waals surface area contributed by atoms with Crippen LogP contribution in [0.5, 0.6) is 0 Å². The van der Waals surface area contributed by atoms with Crippen molar-refractivity contribution in [2.24, 2.45) is 5.73 Å². The van der Waals surface area contributed by atoms with Crippen LogP contribution in [0.3, 0.4) is 0 Å². The maximum atomic E-state index is 5.94. The minimum Gasteiger partial charge on any atom is -0.345 e. The topological polar surface area (TPSA) is 83.4 Å². The second kappa shape index (κ2) is 4.18. The number of rotatable bonds is 3. The van der Waals surface area contributed by atoms with Crippen molar-refractivity contribution in [2.45, 2.75) is 24.7 Å². The quantitative estimate of drug-likeness (QED) is 0.681. The van der Waals surface area contributed by atoms with Crippen molar-refractivity contribution in [3.63, 3.8) is 0 Å². The highest BCUT2D eigenvalue weighted by atomic mass is 15.0. The molecule has 4 N–H and O–H groups in total. The average Bonchev–Trinajstić information content (AvgIpc) is 3.06. The van der Waals surface area contributed by atoms with Crippen molar-refractivity contribution in [3.8, 4) is 11.3 Å². The number of nitrogens with two attached hydrogens (primary N) is 1. The summed E-state index contributed by atoms with van der Waals surface area (Å²) >= 11 is 0. The fraction of sp³-hybridized carbons (Fsp3) is 0.333. The van der Waals surface area contributed by atoms with Crippen LogP contribution in [0.2, 0.25) is 0 Å². The van der Waals surface area contributed by atoms with E-state index < -0.39 is 0 Å². The van der Waals surface area contributed by atoms with E-state index in [0.717, 1.165) is 41.0 Å². The monoisotopic (exact) mass is 267 g/mol. The molecule has 1 aliphatic rings. The highest BCUT2D eigenvalue weighted by Crippen LogP contribution is 2.41. The van der Waals surface area contributed by atoms with Gasteiger partial charge in [0.25, 0.3) is 0 Å². The van der Waals surface area contributed by atoms with Crippen molar-refractivity contribution < 1.29 is 0 Å². The van der Waals surface area contributed by atoms with Gasteiger partial charge in [-0.3, -0.25) is 0 Å². The van der Waals surface area contributed by atoms with Crippen LogP contribution >= 0.6 is 0 Å². The Morgan fingerprint density at radius 1 is 1.25 bits per heavy atom. The molecule has 0 spiro atoms. The third-order valence-electron chi connectivity index (χ3n) is 4.51. The normalized spacial score (nSPS) is 17.2. The van der Waals surface area contributed by atoms with Crippen molar-refractivity contribution in [3.05, 3.63) is 36.5 Å². The maximum Gasteiger partial charge on any atom is 0.114 e. The number of H-pyrrole nitrogens is 2. The Kier molecular flexibility index (Phi) is 2.44. The maximum absolute atomic E-state index is 5.94. The second-order valence-electron chi connectivity index (χ2n) is 5.62. The molecular formula is C15H17N5. The molecule has 5 nitrogen and oxygen atoms in total. The molecule has 3 aromatic rings. The SMILES string of the molecule is NCC1(c2ncc(-c3ccc4nc[nH]c4c3)[nH]2)CCC1. The molecule has 0 unspecified atom stereocenters. The smallest absolute Gasteiger partial charge is 0.114 e. The third kappa shape index (κ3) is 1.59. The molecule has 20 heavy (non-hydrogen) atoms. The number of imidazole rings is 2. The van der Waals surface area contributed by atoms with Crippen molar-refractivity contribution >= 4 is 11.0 Å². The van der Waals surface area contributed by atoms with Gasteiger partial charge in [0, 0.05) is 17.5 Å². The molecule has 102 valence electrons. The van der Waals surface area contributed by atoms with Crippen LogP contribution in [0.4, 0.5) is 0 Å². The zero-order valence-corrected chi connectivity index (χ0v) is 11.2. The molecule has 0 radical (unpaired) electrons. The highest BCUT2D eigenvalue weighted by Gasteiger charge is 2.39. The van der Waals surface area contributed by atoms with Gasteiger partial charge in [0.15, 0.2) is 0 Å². The lowest BCUT2D eigenvalue weighted by Gasteiger charge is -2.39. The van der Waals surface area contributed by atoms with Gasteiger partial charge in [-0.15, -0.1) is 0 Å². The molecule has 1 fully saturated rings. The molecule has 0 bridgehead atoms. The van der Waals surface area contributed by atoms with Gasteiger partial charge in [-0.05, 0) is 25.0 Å². The number of aromatic nitrogens is 4. The number of hydrogen-bond donors (Lipinski definition) is 3. The highest BCUT2D eigenvalue weighted by molar-refractivity contribution is 5.80. The van der Waals surface area contributed by atoms with Gasteiger partial charge in [-0.2, -0.15) is 0 Å². The van der Waals surface area contributed by atoms with E-state index in [-0.39, 0.29) is 5.41 Å². The number of aromatic amines is 2. The zero-order valence-electron chi connectivity index (χ0n) is 11.2. The van der Waals surface area contributed by atoms with Gasteiger partial charge in [0.05, 0.1) is 29.3 Å². The number of nitrogens with zero attached hydrogens (tertiary/aromatic N) is 2. The average molecular weight is 267 g/mol. The molecular weight excluding hydrogens is 250 g/mol. The van der Waals surface area contributed by atoms with E-state index in [2.05, 4.69) is 32.1 Å². The third-order valence-corrected chi connectivity index (χ3v) is 4.51. The lowest BCUT2D eigenvalue weighted by atomic mass is 9.68. The van der Waals surface area contributed by atoms with Crippen LogP contribution < -0.4 is 5.73 Å².